The molecular weight excluding hydrogens is 330 g/mol. The molecule has 1 amide bonds. The molecule has 0 spiro atoms. The monoisotopic (exact) mass is 355 g/mol. The van der Waals surface area contributed by atoms with Gasteiger partial charge in [-0.05, 0) is 36.8 Å². The van der Waals surface area contributed by atoms with E-state index < -0.39 is 0 Å². The summed E-state index contributed by atoms with van der Waals surface area (Å²) in [5, 5.41) is 9.11. The van der Waals surface area contributed by atoms with Gasteiger partial charge in [-0.25, -0.2) is 4.98 Å². The van der Waals surface area contributed by atoms with Crippen LogP contribution in [0.4, 0.5) is 5.82 Å². The van der Waals surface area contributed by atoms with Crippen molar-refractivity contribution in [2.45, 2.75) is 19.9 Å². The van der Waals surface area contributed by atoms with Gasteiger partial charge in [-0.15, -0.1) is 0 Å². The van der Waals surface area contributed by atoms with Crippen molar-refractivity contribution < 1.29 is 9.53 Å². The first-order valence-electron chi connectivity index (χ1n) is 8.41. The molecule has 3 N–H and O–H groups in total. The van der Waals surface area contributed by atoms with E-state index in [1.165, 1.54) is 0 Å². The lowest BCUT2D eigenvalue weighted by Crippen LogP contribution is -2.38. The summed E-state index contributed by atoms with van der Waals surface area (Å²) in [4.78, 5) is 20.4. The second-order valence-electron chi connectivity index (χ2n) is 5.66. The second kappa shape index (κ2) is 10.0. The van der Waals surface area contributed by atoms with Crippen LogP contribution in [0.15, 0.2) is 47.5 Å². The van der Waals surface area contributed by atoms with Gasteiger partial charge in [0.05, 0.1) is 7.11 Å². The highest BCUT2D eigenvalue weighted by atomic mass is 16.5. The van der Waals surface area contributed by atoms with Gasteiger partial charge in [-0.1, -0.05) is 18.2 Å². The summed E-state index contributed by atoms with van der Waals surface area (Å²) >= 11 is 0. The third kappa shape index (κ3) is 6.43. The summed E-state index contributed by atoms with van der Waals surface area (Å²) in [5.41, 5.74) is 1.97. The Morgan fingerprint density at radius 2 is 1.92 bits per heavy atom. The number of rotatable bonds is 7. The number of aromatic nitrogens is 1. The van der Waals surface area contributed by atoms with Crippen molar-refractivity contribution in [1.82, 2.24) is 15.6 Å². The van der Waals surface area contributed by atoms with Crippen LogP contribution in [0, 0.1) is 6.92 Å². The molecule has 7 nitrogen and oxygen atoms in total. The van der Waals surface area contributed by atoms with E-state index in [1.807, 2.05) is 43.3 Å². The van der Waals surface area contributed by atoms with Crippen molar-refractivity contribution in [2.75, 3.05) is 26.0 Å². The lowest BCUT2D eigenvalue weighted by molar-refractivity contribution is -0.116. The molecule has 0 fully saturated rings. The summed E-state index contributed by atoms with van der Waals surface area (Å²) in [6.07, 6.45) is 0.318. The number of nitrogens with zero attached hydrogens (tertiary/aromatic N) is 2. The molecule has 0 aliphatic carbocycles. The zero-order valence-corrected chi connectivity index (χ0v) is 15.4. The number of aryl methyl sites for hydroxylation is 1. The van der Waals surface area contributed by atoms with Gasteiger partial charge in [0.2, 0.25) is 5.91 Å². The molecule has 1 aromatic heterocycles. The van der Waals surface area contributed by atoms with Crippen LogP contribution in [0.3, 0.4) is 0 Å². The number of carbonyl (C=O) groups is 1. The number of amides is 1. The molecular formula is C19H25N5O2. The van der Waals surface area contributed by atoms with Crippen LogP contribution in [-0.2, 0) is 11.3 Å². The molecule has 0 bridgehead atoms. The Bertz CT molecular complexity index is 744. The zero-order chi connectivity index (χ0) is 18.8. The van der Waals surface area contributed by atoms with Gasteiger partial charge in [0.1, 0.15) is 11.6 Å². The van der Waals surface area contributed by atoms with E-state index in [9.17, 15) is 4.79 Å². The first-order chi connectivity index (χ1) is 12.6. The Kier molecular flexibility index (Phi) is 7.42. The molecule has 138 valence electrons. The van der Waals surface area contributed by atoms with Crippen molar-refractivity contribution in [2.24, 2.45) is 4.99 Å². The summed E-state index contributed by atoms with van der Waals surface area (Å²) in [7, 11) is 3.34. The number of hydrogen-bond donors (Lipinski definition) is 3. The molecule has 0 aliphatic heterocycles. The number of ether oxygens (including phenoxy) is 1. The van der Waals surface area contributed by atoms with Crippen molar-refractivity contribution >= 4 is 17.7 Å². The van der Waals surface area contributed by atoms with Gasteiger partial charge < -0.3 is 20.7 Å². The van der Waals surface area contributed by atoms with Gasteiger partial charge >= 0.3 is 0 Å². The highest BCUT2D eigenvalue weighted by Gasteiger charge is 2.05. The van der Waals surface area contributed by atoms with E-state index in [1.54, 1.807) is 20.2 Å². The minimum atomic E-state index is -0.0961. The number of methoxy groups -OCH3 is 1. The number of benzene rings is 1. The second-order valence-corrected chi connectivity index (χ2v) is 5.66. The largest absolute Gasteiger partial charge is 0.497 e. The standard InChI is InChI=1S/C19H25N5O2/c1-14-5-4-6-17(23-14)24-18(25)11-12-21-19(20-2)22-13-15-7-9-16(26-3)10-8-15/h4-10H,11-13H2,1-3H3,(H2,20,21,22)(H,23,24,25). The maximum atomic E-state index is 12.0. The number of hydrogen-bond acceptors (Lipinski definition) is 4. The number of nitrogens with one attached hydrogen (secondary N) is 3. The maximum Gasteiger partial charge on any atom is 0.227 e. The van der Waals surface area contributed by atoms with E-state index in [4.69, 9.17) is 4.74 Å². The fraction of sp³-hybridized carbons (Fsp3) is 0.316. The molecule has 1 heterocycles. The van der Waals surface area contributed by atoms with Crippen LogP contribution in [0.1, 0.15) is 17.7 Å². The van der Waals surface area contributed by atoms with Gasteiger partial charge in [0.15, 0.2) is 5.96 Å². The van der Waals surface area contributed by atoms with Gasteiger partial charge in [0.25, 0.3) is 0 Å². The molecule has 0 atom stereocenters. The predicted molar refractivity (Wildman–Crippen MR) is 103 cm³/mol. The number of pyridine rings is 1. The third-order valence-corrected chi connectivity index (χ3v) is 3.64. The van der Waals surface area contributed by atoms with Crippen LogP contribution in [0.5, 0.6) is 5.75 Å². The van der Waals surface area contributed by atoms with Crippen molar-refractivity contribution in [3.8, 4) is 5.75 Å². The summed E-state index contributed by atoms with van der Waals surface area (Å²) in [6, 6.07) is 13.3. The fourth-order valence-corrected chi connectivity index (χ4v) is 2.26. The van der Waals surface area contributed by atoms with E-state index in [0.29, 0.717) is 31.3 Å². The van der Waals surface area contributed by atoms with Gasteiger partial charge in [0, 0.05) is 32.3 Å². The molecule has 0 unspecified atom stereocenters. The summed E-state index contributed by atoms with van der Waals surface area (Å²) in [5.74, 6) is 1.94. The highest BCUT2D eigenvalue weighted by Crippen LogP contribution is 2.10. The quantitative estimate of drug-likeness (QED) is 0.523. The van der Waals surface area contributed by atoms with E-state index >= 15 is 0 Å². The van der Waals surface area contributed by atoms with Crippen LogP contribution < -0.4 is 20.7 Å². The summed E-state index contributed by atoms with van der Waals surface area (Å²) in [6.45, 7) is 2.98. The molecule has 0 radical (unpaired) electrons. The Morgan fingerprint density at radius 3 is 2.58 bits per heavy atom. The molecule has 1 aromatic carbocycles. The number of aliphatic imine (C=N–C) groups is 1. The Hall–Kier alpha value is -3.09. The van der Waals surface area contributed by atoms with E-state index in [-0.39, 0.29) is 5.91 Å². The van der Waals surface area contributed by atoms with E-state index in [2.05, 4.69) is 25.9 Å². The van der Waals surface area contributed by atoms with Crippen LogP contribution in [0.2, 0.25) is 0 Å². The minimum Gasteiger partial charge on any atom is -0.497 e. The van der Waals surface area contributed by atoms with Crippen LogP contribution in [0.25, 0.3) is 0 Å². The van der Waals surface area contributed by atoms with Crippen LogP contribution >= 0.6 is 0 Å². The fourth-order valence-electron chi connectivity index (χ4n) is 2.26. The SMILES string of the molecule is CN=C(NCCC(=O)Nc1cccc(C)n1)NCc1ccc(OC)cc1. The van der Waals surface area contributed by atoms with Crippen molar-refractivity contribution in [1.29, 1.82) is 0 Å². The Balaban J connectivity index is 1.71. The number of guanidine groups is 1. The third-order valence-electron chi connectivity index (χ3n) is 3.64. The molecule has 26 heavy (non-hydrogen) atoms. The number of anilines is 1. The van der Waals surface area contributed by atoms with Crippen molar-refractivity contribution in [3.63, 3.8) is 0 Å². The number of carbonyl (C=O) groups excluding carboxylic acids is 1. The van der Waals surface area contributed by atoms with Crippen LogP contribution in [-0.4, -0.2) is 37.6 Å². The summed E-state index contributed by atoms with van der Waals surface area (Å²) < 4.78 is 5.14. The minimum absolute atomic E-state index is 0.0961. The predicted octanol–water partition coefficient (Wildman–Crippen LogP) is 2.09. The maximum absolute atomic E-state index is 12.0. The lowest BCUT2D eigenvalue weighted by Gasteiger charge is -2.12. The average Bonchev–Trinajstić information content (AvgIpc) is 2.65. The molecule has 0 saturated heterocycles. The van der Waals surface area contributed by atoms with Gasteiger partial charge in [-0.3, -0.25) is 9.79 Å². The molecule has 7 heteroatoms. The Labute approximate surface area is 153 Å². The lowest BCUT2D eigenvalue weighted by atomic mass is 10.2. The van der Waals surface area contributed by atoms with E-state index in [0.717, 1.165) is 17.0 Å². The molecule has 0 aliphatic rings. The topological polar surface area (TPSA) is 87.6 Å². The molecule has 0 saturated carbocycles. The molecule has 2 rings (SSSR count). The molecule has 2 aromatic rings. The zero-order valence-electron chi connectivity index (χ0n) is 15.4. The average molecular weight is 355 g/mol. The Morgan fingerprint density at radius 1 is 1.15 bits per heavy atom. The highest BCUT2D eigenvalue weighted by molar-refractivity contribution is 5.90. The smallest absolute Gasteiger partial charge is 0.227 e. The van der Waals surface area contributed by atoms with Crippen molar-refractivity contribution in [3.05, 3.63) is 53.7 Å². The normalized spacial score (nSPS) is 11.0. The first-order valence-corrected chi connectivity index (χ1v) is 8.41. The first kappa shape index (κ1) is 19.2. The van der Waals surface area contributed by atoms with Gasteiger partial charge in [-0.2, -0.15) is 0 Å².